The minimum absolute atomic E-state index is 0.0406. The number of carbonyl (C=O) groups is 3. The topological polar surface area (TPSA) is 108 Å². The van der Waals surface area contributed by atoms with Crippen molar-refractivity contribution in [3.8, 4) is 0 Å². The van der Waals surface area contributed by atoms with Crippen molar-refractivity contribution >= 4 is 39.8 Å². The van der Waals surface area contributed by atoms with Crippen molar-refractivity contribution in [2.75, 3.05) is 12.4 Å². The molecule has 0 fully saturated rings. The fourth-order valence-corrected chi connectivity index (χ4v) is 3.04. The van der Waals surface area contributed by atoms with Gasteiger partial charge in [0.1, 0.15) is 0 Å². The summed E-state index contributed by atoms with van der Waals surface area (Å²) in [7, 11) is 1.53. The molecule has 4 N–H and O–H groups in total. The minimum Gasteiger partial charge on any atom is -0.478 e. The van der Waals surface area contributed by atoms with E-state index in [1.165, 1.54) is 31.3 Å². The molecule has 2 amide bonds. The number of benzene rings is 3. The van der Waals surface area contributed by atoms with Gasteiger partial charge in [-0.2, -0.15) is 0 Å². The van der Waals surface area contributed by atoms with Crippen LogP contribution >= 0.6 is 0 Å². The molecule has 0 aliphatic carbocycles. The van der Waals surface area contributed by atoms with Gasteiger partial charge in [0.25, 0.3) is 5.91 Å². The molecule has 0 radical (unpaired) electrons. The van der Waals surface area contributed by atoms with Gasteiger partial charge in [0.15, 0.2) is 0 Å². The maximum absolute atomic E-state index is 12.5. The first-order valence-corrected chi connectivity index (χ1v) is 9.22. The van der Waals surface area contributed by atoms with Gasteiger partial charge in [0.05, 0.1) is 11.3 Å². The molecule has 0 aromatic heterocycles. The van der Waals surface area contributed by atoms with Crippen molar-refractivity contribution in [3.63, 3.8) is 0 Å². The van der Waals surface area contributed by atoms with E-state index in [2.05, 4.69) is 16.2 Å². The molecule has 3 aromatic carbocycles. The van der Waals surface area contributed by atoms with Crippen LogP contribution in [0, 0.1) is 0 Å². The van der Waals surface area contributed by atoms with Gasteiger partial charge in [-0.15, -0.1) is 0 Å². The number of amides is 2. The Morgan fingerprint density at radius 1 is 0.900 bits per heavy atom. The lowest BCUT2D eigenvalue weighted by atomic mass is 10.0. The molecule has 0 aliphatic rings. The number of carbonyl (C=O) groups excluding carboxylic acids is 2. The molecule has 152 valence electrons. The first kappa shape index (κ1) is 20.8. The van der Waals surface area contributed by atoms with Gasteiger partial charge in [-0.1, -0.05) is 36.4 Å². The van der Waals surface area contributed by atoms with Gasteiger partial charge in [-0.25, -0.2) is 10.2 Å². The largest absolute Gasteiger partial charge is 0.478 e. The molecule has 0 aliphatic heterocycles. The van der Waals surface area contributed by atoms with E-state index < -0.39 is 17.8 Å². The number of aromatic carboxylic acids is 1. The molecule has 0 spiro atoms. The zero-order chi connectivity index (χ0) is 21.7. The Kier molecular flexibility index (Phi) is 6.24. The number of hydrogen-bond acceptors (Lipinski definition) is 4. The summed E-state index contributed by atoms with van der Waals surface area (Å²) in [5.41, 5.74) is 6.65. The van der Waals surface area contributed by atoms with Crippen LogP contribution in [0.25, 0.3) is 16.3 Å². The predicted octanol–water partition coefficient (Wildman–Crippen LogP) is 3.44. The second-order valence-electron chi connectivity index (χ2n) is 6.65. The zero-order valence-corrected chi connectivity index (χ0v) is 16.5. The van der Waals surface area contributed by atoms with Crippen LogP contribution in [0.1, 0.15) is 33.2 Å². The minimum atomic E-state index is -1.21. The molecule has 7 heteroatoms. The Balaban J connectivity index is 1.87. The fourth-order valence-electron chi connectivity index (χ4n) is 3.04. The molecule has 0 bridgehead atoms. The smallest absolute Gasteiger partial charge is 0.337 e. The highest BCUT2D eigenvalue weighted by Gasteiger charge is 2.15. The van der Waals surface area contributed by atoms with Crippen LogP contribution in [-0.2, 0) is 4.79 Å². The van der Waals surface area contributed by atoms with E-state index >= 15 is 0 Å². The lowest BCUT2D eigenvalue weighted by Crippen LogP contribution is -2.34. The Hall–Kier alpha value is -3.97. The van der Waals surface area contributed by atoms with E-state index in [1.807, 2.05) is 42.5 Å². The normalized spacial score (nSPS) is 11.2. The third-order valence-electron chi connectivity index (χ3n) is 4.56. The molecule has 0 unspecified atom stereocenters. The molecule has 0 saturated carbocycles. The fraction of sp³-hybridized carbons (Fsp3) is 0.0870. The molecule has 30 heavy (non-hydrogen) atoms. The Morgan fingerprint density at radius 3 is 2.30 bits per heavy atom. The van der Waals surface area contributed by atoms with Crippen LogP contribution < -0.4 is 16.2 Å². The molecular weight excluding hydrogens is 382 g/mol. The van der Waals surface area contributed by atoms with Crippen molar-refractivity contribution < 1.29 is 19.5 Å². The summed E-state index contributed by atoms with van der Waals surface area (Å²) in [6.07, 6.45) is 1.40. The molecular formula is C23H21N3O4. The summed E-state index contributed by atoms with van der Waals surface area (Å²) >= 11 is 0. The third-order valence-corrected chi connectivity index (χ3v) is 4.56. The van der Waals surface area contributed by atoms with Crippen LogP contribution in [0.5, 0.6) is 0 Å². The molecule has 0 saturated heterocycles. The van der Waals surface area contributed by atoms with E-state index in [0.29, 0.717) is 0 Å². The highest BCUT2D eigenvalue weighted by Crippen LogP contribution is 2.22. The van der Waals surface area contributed by atoms with Crippen LogP contribution in [0.4, 0.5) is 5.69 Å². The van der Waals surface area contributed by atoms with E-state index in [-0.39, 0.29) is 16.8 Å². The number of rotatable bonds is 6. The molecule has 0 atom stereocenters. The predicted molar refractivity (Wildman–Crippen MR) is 116 cm³/mol. The standard InChI is InChI=1S/C23H21N3O4/c1-14(16-8-7-15-5-3-4-6-17(15)12-16)11-21(27)25-20-13-18(22(28)26-24-2)9-10-19(20)23(29)30/h3-13,24H,1-2H3,(H,25,27)(H,26,28)(H,29,30)/b14-11-. The van der Waals surface area contributed by atoms with Crippen LogP contribution in [0.15, 0.2) is 66.7 Å². The van der Waals surface area contributed by atoms with Crippen molar-refractivity contribution in [2.45, 2.75) is 6.92 Å². The number of carboxylic acids is 1. The van der Waals surface area contributed by atoms with Gasteiger partial charge in [-0.05, 0) is 53.1 Å². The van der Waals surface area contributed by atoms with E-state index in [9.17, 15) is 19.5 Å². The summed E-state index contributed by atoms with van der Waals surface area (Å²) in [5, 5.41) is 14.1. The highest BCUT2D eigenvalue weighted by atomic mass is 16.4. The molecule has 0 heterocycles. The quantitative estimate of drug-likeness (QED) is 0.373. The Morgan fingerprint density at radius 2 is 1.60 bits per heavy atom. The SMILES string of the molecule is CNNC(=O)c1ccc(C(=O)O)c(NC(=O)/C=C(/C)c2ccc3ccccc3c2)c1. The van der Waals surface area contributed by atoms with Gasteiger partial charge in [0, 0.05) is 18.7 Å². The lowest BCUT2D eigenvalue weighted by molar-refractivity contribution is -0.111. The summed E-state index contributed by atoms with van der Waals surface area (Å²) in [6.45, 7) is 1.80. The number of allylic oxidation sites excluding steroid dienone is 1. The number of carboxylic acid groups (broad SMARTS) is 1. The monoisotopic (exact) mass is 403 g/mol. The van der Waals surface area contributed by atoms with Gasteiger partial charge >= 0.3 is 5.97 Å². The summed E-state index contributed by atoms with van der Waals surface area (Å²) in [6, 6.07) is 17.8. The number of fused-ring (bicyclic) bond motifs is 1. The third kappa shape index (κ3) is 4.71. The van der Waals surface area contributed by atoms with Gasteiger partial charge < -0.3 is 10.4 Å². The second kappa shape index (κ2) is 9.02. The number of nitrogens with one attached hydrogen (secondary N) is 3. The molecule has 7 nitrogen and oxygen atoms in total. The summed E-state index contributed by atoms with van der Waals surface area (Å²) in [4.78, 5) is 36.0. The highest BCUT2D eigenvalue weighted by molar-refractivity contribution is 6.08. The number of anilines is 1. The Labute approximate surface area is 173 Å². The summed E-state index contributed by atoms with van der Waals surface area (Å²) < 4.78 is 0. The second-order valence-corrected chi connectivity index (χ2v) is 6.65. The van der Waals surface area contributed by atoms with Crippen molar-refractivity contribution in [1.82, 2.24) is 10.9 Å². The number of hydrazine groups is 1. The average molecular weight is 403 g/mol. The van der Waals surface area contributed by atoms with Gasteiger partial charge in [-0.3, -0.25) is 15.0 Å². The van der Waals surface area contributed by atoms with Crippen LogP contribution in [0.3, 0.4) is 0 Å². The van der Waals surface area contributed by atoms with Crippen LogP contribution in [0.2, 0.25) is 0 Å². The first-order valence-electron chi connectivity index (χ1n) is 9.22. The average Bonchev–Trinajstić information content (AvgIpc) is 2.73. The molecule has 3 rings (SSSR count). The Bertz CT molecular complexity index is 1170. The molecule has 3 aromatic rings. The van der Waals surface area contributed by atoms with E-state index in [0.717, 1.165) is 21.9 Å². The lowest BCUT2D eigenvalue weighted by Gasteiger charge is -2.10. The maximum atomic E-state index is 12.5. The van der Waals surface area contributed by atoms with Crippen molar-refractivity contribution in [2.24, 2.45) is 0 Å². The zero-order valence-electron chi connectivity index (χ0n) is 16.5. The number of hydrogen-bond donors (Lipinski definition) is 4. The van der Waals surface area contributed by atoms with Crippen molar-refractivity contribution in [1.29, 1.82) is 0 Å². The van der Waals surface area contributed by atoms with E-state index in [4.69, 9.17) is 0 Å². The summed E-state index contributed by atoms with van der Waals surface area (Å²) in [5.74, 6) is -2.15. The maximum Gasteiger partial charge on any atom is 0.337 e. The van der Waals surface area contributed by atoms with Gasteiger partial charge in [0.2, 0.25) is 5.91 Å². The van der Waals surface area contributed by atoms with E-state index in [1.54, 1.807) is 6.92 Å². The van der Waals surface area contributed by atoms with Crippen LogP contribution in [-0.4, -0.2) is 29.9 Å². The first-order chi connectivity index (χ1) is 14.4. The van der Waals surface area contributed by atoms with Crippen molar-refractivity contribution in [3.05, 3.63) is 83.4 Å².